The minimum Gasteiger partial charge on any atom is -0.481 e. The fraction of sp³-hybridized carbons (Fsp3) is 0.519. The molecule has 0 saturated carbocycles. The van der Waals surface area contributed by atoms with E-state index in [1.165, 1.54) is 43.5 Å². The second kappa shape index (κ2) is 10.8. The maximum atomic E-state index is 12.7. The number of benzene rings is 2. The van der Waals surface area contributed by atoms with Crippen molar-refractivity contribution in [2.45, 2.75) is 78.0 Å². The standard InChI is InChI=1S/C27H38N2O2/c1-5-25(31-24-15-13-23(14-16-24)27(2,3)4)26(30)28-19-21-9-11-22(12-10-21)20-29-17-7-6-8-18-29/h9-16,25H,5-8,17-20H2,1-4H3,(H,28,30)/t25-/m1/s1. The van der Waals surface area contributed by atoms with Crippen molar-refractivity contribution >= 4 is 5.91 Å². The van der Waals surface area contributed by atoms with Gasteiger partial charge in [-0.1, -0.05) is 70.5 Å². The predicted octanol–water partition coefficient (Wildman–Crippen LogP) is 5.44. The number of hydrogen-bond acceptors (Lipinski definition) is 3. The van der Waals surface area contributed by atoms with Gasteiger partial charge in [-0.25, -0.2) is 0 Å². The van der Waals surface area contributed by atoms with Crippen LogP contribution in [0.4, 0.5) is 0 Å². The number of likely N-dealkylation sites (tertiary alicyclic amines) is 1. The van der Waals surface area contributed by atoms with Crippen LogP contribution < -0.4 is 10.1 Å². The molecule has 1 aliphatic rings. The molecule has 1 saturated heterocycles. The number of carbonyl (C=O) groups is 1. The maximum Gasteiger partial charge on any atom is 0.261 e. The molecule has 1 atom stereocenters. The first-order valence-electron chi connectivity index (χ1n) is 11.7. The van der Waals surface area contributed by atoms with Crippen molar-refractivity contribution < 1.29 is 9.53 Å². The van der Waals surface area contributed by atoms with E-state index in [2.05, 4.69) is 67.4 Å². The van der Waals surface area contributed by atoms with Gasteiger partial charge in [-0.3, -0.25) is 9.69 Å². The lowest BCUT2D eigenvalue weighted by Gasteiger charge is -2.26. The molecule has 0 aromatic heterocycles. The number of hydrogen-bond donors (Lipinski definition) is 1. The Bertz CT molecular complexity index is 816. The highest BCUT2D eigenvalue weighted by Crippen LogP contribution is 2.25. The summed E-state index contributed by atoms with van der Waals surface area (Å²) >= 11 is 0. The molecular formula is C27H38N2O2. The van der Waals surface area contributed by atoms with Crippen molar-refractivity contribution in [2.24, 2.45) is 0 Å². The third-order valence-corrected chi connectivity index (χ3v) is 6.01. The van der Waals surface area contributed by atoms with Crippen molar-refractivity contribution in [2.75, 3.05) is 13.1 Å². The number of piperidine rings is 1. The van der Waals surface area contributed by atoms with Crippen LogP contribution in [0.1, 0.15) is 70.1 Å². The molecule has 1 N–H and O–H groups in total. The zero-order valence-electron chi connectivity index (χ0n) is 19.6. The molecule has 3 rings (SSSR count). The first-order chi connectivity index (χ1) is 14.8. The summed E-state index contributed by atoms with van der Waals surface area (Å²) in [6.45, 7) is 12.5. The van der Waals surface area contributed by atoms with Crippen LogP contribution in [0.25, 0.3) is 0 Å². The smallest absolute Gasteiger partial charge is 0.261 e. The SMILES string of the molecule is CC[C@@H](Oc1ccc(C(C)(C)C)cc1)C(=O)NCc1ccc(CN2CCCCC2)cc1. The van der Waals surface area contributed by atoms with Crippen LogP contribution in [-0.2, 0) is 23.3 Å². The van der Waals surface area contributed by atoms with Crippen LogP contribution in [0.5, 0.6) is 5.75 Å². The van der Waals surface area contributed by atoms with Gasteiger partial charge in [0, 0.05) is 13.1 Å². The van der Waals surface area contributed by atoms with E-state index in [-0.39, 0.29) is 11.3 Å². The maximum absolute atomic E-state index is 12.7. The Morgan fingerprint density at radius 2 is 1.58 bits per heavy atom. The summed E-state index contributed by atoms with van der Waals surface area (Å²) in [7, 11) is 0. The Labute approximate surface area is 188 Å². The van der Waals surface area contributed by atoms with Crippen LogP contribution in [0.2, 0.25) is 0 Å². The topological polar surface area (TPSA) is 41.6 Å². The molecule has 1 aliphatic heterocycles. The van der Waals surface area contributed by atoms with Crippen molar-refractivity contribution in [3.05, 3.63) is 65.2 Å². The highest BCUT2D eigenvalue weighted by atomic mass is 16.5. The van der Waals surface area contributed by atoms with E-state index in [1.807, 2.05) is 19.1 Å². The molecule has 0 aliphatic carbocycles. The second-order valence-corrected chi connectivity index (χ2v) is 9.66. The third-order valence-electron chi connectivity index (χ3n) is 6.01. The number of nitrogens with one attached hydrogen (secondary N) is 1. The quantitative estimate of drug-likeness (QED) is 0.615. The van der Waals surface area contributed by atoms with E-state index in [4.69, 9.17) is 4.74 Å². The van der Waals surface area contributed by atoms with Crippen molar-refractivity contribution in [1.82, 2.24) is 10.2 Å². The number of rotatable bonds is 8. The molecular weight excluding hydrogens is 384 g/mol. The third kappa shape index (κ3) is 7.10. The average molecular weight is 423 g/mol. The number of carbonyl (C=O) groups excluding carboxylic acids is 1. The summed E-state index contributed by atoms with van der Waals surface area (Å²) in [4.78, 5) is 15.2. The van der Waals surface area contributed by atoms with Gasteiger partial charge in [-0.05, 0) is 66.6 Å². The van der Waals surface area contributed by atoms with Crippen LogP contribution in [-0.4, -0.2) is 30.0 Å². The normalized spacial score (nSPS) is 16.0. The van der Waals surface area contributed by atoms with Gasteiger partial charge in [-0.15, -0.1) is 0 Å². The van der Waals surface area contributed by atoms with Gasteiger partial charge < -0.3 is 10.1 Å². The van der Waals surface area contributed by atoms with Gasteiger partial charge in [0.2, 0.25) is 0 Å². The van der Waals surface area contributed by atoms with Gasteiger partial charge in [-0.2, -0.15) is 0 Å². The molecule has 0 unspecified atom stereocenters. The molecule has 1 heterocycles. The molecule has 31 heavy (non-hydrogen) atoms. The molecule has 4 nitrogen and oxygen atoms in total. The van der Waals surface area contributed by atoms with E-state index in [1.54, 1.807) is 0 Å². The van der Waals surface area contributed by atoms with Gasteiger partial charge in [0.1, 0.15) is 5.75 Å². The number of ether oxygens (including phenoxy) is 1. The first kappa shape index (κ1) is 23.3. The summed E-state index contributed by atoms with van der Waals surface area (Å²) in [6.07, 6.45) is 4.12. The largest absolute Gasteiger partial charge is 0.481 e. The molecule has 2 aromatic carbocycles. The molecule has 2 aromatic rings. The molecule has 0 radical (unpaired) electrons. The lowest BCUT2D eigenvalue weighted by atomic mass is 9.87. The minimum atomic E-state index is -0.487. The Balaban J connectivity index is 1.49. The van der Waals surface area contributed by atoms with E-state index in [0.29, 0.717) is 13.0 Å². The lowest BCUT2D eigenvalue weighted by Crippen LogP contribution is -2.37. The van der Waals surface area contributed by atoms with E-state index >= 15 is 0 Å². The molecule has 1 amide bonds. The van der Waals surface area contributed by atoms with Crippen LogP contribution in [0.15, 0.2) is 48.5 Å². The summed E-state index contributed by atoms with van der Waals surface area (Å²) in [5, 5.41) is 3.03. The molecule has 4 heteroatoms. The van der Waals surface area contributed by atoms with Gasteiger partial charge in [0.05, 0.1) is 0 Å². The van der Waals surface area contributed by atoms with E-state index < -0.39 is 6.10 Å². The average Bonchev–Trinajstić information content (AvgIpc) is 2.77. The Morgan fingerprint density at radius 1 is 0.968 bits per heavy atom. The summed E-state index contributed by atoms with van der Waals surface area (Å²) in [5.41, 5.74) is 3.80. The highest BCUT2D eigenvalue weighted by molar-refractivity contribution is 5.81. The van der Waals surface area contributed by atoms with Crippen molar-refractivity contribution in [1.29, 1.82) is 0 Å². The van der Waals surface area contributed by atoms with Gasteiger partial charge in [0.15, 0.2) is 6.10 Å². The Hall–Kier alpha value is -2.33. The van der Waals surface area contributed by atoms with E-state index in [0.717, 1.165) is 17.9 Å². The monoisotopic (exact) mass is 422 g/mol. The van der Waals surface area contributed by atoms with Crippen LogP contribution >= 0.6 is 0 Å². The summed E-state index contributed by atoms with van der Waals surface area (Å²) in [5.74, 6) is 0.664. The second-order valence-electron chi connectivity index (χ2n) is 9.66. The molecule has 1 fully saturated rings. The fourth-order valence-electron chi connectivity index (χ4n) is 3.96. The molecule has 0 bridgehead atoms. The van der Waals surface area contributed by atoms with Crippen LogP contribution in [0.3, 0.4) is 0 Å². The Morgan fingerprint density at radius 3 is 2.16 bits per heavy atom. The van der Waals surface area contributed by atoms with Crippen molar-refractivity contribution in [3.63, 3.8) is 0 Å². The molecule has 0 spiro atoms. The van der Waals surface area contributed by atoms with Crippen molar-refractivity contribution in [3.8, 4) is 5.75 Å². The Kier molecular flexibility index (Phi) is 8.14. The zero-order valence-corrected chi connectivity index (χ0v) is 19.6. The van der Waals surface area contributed by atoms with Crippen LogP contribution in [0, 0.1) is 0 Å². The van der Waals surface area contributed by atoms with Gasteiger partial charge in [0.25, 0.3) is 5.91 Å². The first-order valence-corrected chi connectivity index (χ1v) is 11.7. The summed E-state index contributed by atoms with van der Waals surface area (Å²) < 4.78 is 5.97. The fourth-order valence-corrected chi connectivity index (χ4v) is 3.96. The zero-order chi connectivity index (χ0) is 22.3. The lowest BCUT2D eigenvalue weighted by molar-refractivity contribution is -0.128. The highest BCUT2D eigenvalue weighted by Gasteiger charge is 2.19. The van der Waals surface area contributed by atoms with E-state index in [9.17, 15) is 4.79 Å². The summed E-state index contributed by atoms with van der Waals surface area (Å²) in [6, 6.07) is 16.7. The predicted molar refractivity (Wildman–Crippen MR) is 127 cm³/mol. The number of amides is 1. The number of nitrogens with zero attached hydrogens (tertiary/aromatic N) is 1. The molecule has 168 valence electrons. The minimum absolute atomic E-state index is 0.0696. The van der Waals surface area contributed by atoms with Gasteiger partial charge >= 0.3 is 0 Å².